The van der Waals surface area contributed by atoms with E-state index in [4.69, 9.17) is 4.74 Å². The van der Waals surface area contributed by atoms with Gasteiger partial charge >= 0.3 is 0 Å². The zero-order chi connectivity index (χ0) is 21.1. The Morgan fingerprint density at radius 1 is 1.14 bits per heavy atom. The van der Waals surface area contributed by atoms with Gasteiger partial charge in [0.15, 0.2) is 0 Å². The molecule has 154 valence electrons. The minimum Gasteiger partial charge on any atom is -0.497 e. The Bertz CT molecular complexity index is 992. The quantitative estimate of drug-likeness (QED) is 0.501. The van der Waals surface area contributed by atoms with Crippen LogP contribution in [0.3, 0.4) is 0 Å². The lowest BCUT2D eigenvalue weighted by Crippen LogP contribution is -2.43. The first-order chi connectivity index (χ1) is 13.8. The summed E-state index contributed by atoms with van der Waals surface area (Å²) in [4.78, 5) is 19.3. The normalized spacial score (nSPS) is 11.4. The fraction of sp³-hybridized carbons (Fsp3) is 0.429. The van der Waals surface area contributed by atoms with E-state index in [-0.39, 0.29) is 18.0 Å². The average molecular weight is 431 g/mol. The van der Waals surface area contributed by atoms with E-state index in [9.17, 15) is 4.79 Å². The topological polar surface area (TPSA) is 68.2 Å². The molecule has 8 heteroatoms. The molecule has 3 rings (SSSR count). The van der Waals surface area contributed by atoms with Crippen molar-refractivity contribution in [2.75, 3.05) is 12.9 Å². The van der Waals surface area contributed by atoms with Crippen molar-refractivity contribution in [1.29, 1.82) is 0 Å². The van der Waals surface area contributed by atoms with Crippen molar-refractivity contribution in [2.24, 2.45) is 0 Å². The molecule has 0 saturated heterocycles. The molecule has 0 bridgehead atoms. The van der Waals surface area contributed by atoms with Crippen LogP contribution in [0.25, 0.3) is 21.5 Å². The van der Waals surface area contributed by atoms with Crippen molar-refractivity contribution in [3.63, 3.8) is 0 Å². The maximum Gasteiger partial charge on any atom is 0.233 e. The van der Waals surface area contributed by atoms with Gasteiger partial charge in [0.25, 0.3) is 0 Å². The predicted molar refractivity (Wildman–Crippen MR) is 120 cm³/mol. The number of aromatic nitrogens is 3. The predicted octanol–water partition coefficient (Wildman–Crippen LogP) is 4.81. The lowest BCUT2D eigenvalue weighted by molar-refractivity contribution is -0.131. The second-order valence-corrected chi connectivity index (χ2v) is 9.44. The van der Waals surface area contributed by atoms with Crippen molar-refractivity contribution in [1.82, 2.24) is 20.1 Å². The molecule has 0 aliphatic heterocycles. The van der Waals surface area contributed by atoms with E-state index in [1.807, 2.05) is 63.8 Å². The van der Waals surface area contributed by atoms with Gasteiger partial charge in [0, 0.05) is 17.6 Å². The highest BCUT2D eigenvalue weighted by atomic mass is 32.2. The average Bonchev–Trinajstić information content (AvgIpc) is 3.07. The smallest absolute Gasteiger partial charge is 0.233 e. The molecule has 0 atom stereocenters. The van der Waals surface area contributed by atoms with Gasteiger partial charge in [-0.3, -0.25) is 4.79 Å². The van der Waals surface area contributed by atoms with Gasteiger partial charge in [0.2, 0.25) is 5.91 Å². The number of methoxy groups -OCH3 is 1. The molecule has 0 fully saturated rings. The zero-order valence-corrected chi connectivity index (χ0v) is 19.2. The highest BCUT2D eigenvalue weighted by Gasteiger charge is 2.22. The van der Waals surface area contributed by atoms with Crippen molar-refractivity contribution in [3.8, 4) is 17.0 Å². The highest BCUT2D eigenvalue weighted by molar-refractivity contribution is 8.00. The lowest BCUT2D eigenvalue weighted by Gasteiger charge is -2.30. The highest BCUT2D eigenvalue weighted by Crippen LogP contribution is 2.35. The Hall–Kier alpha value is -2.19. The number of ether oxygens (including phenoxy) is 1. The Morgan fingerprint density at radius 2 is 1.79 bits per heavy atom. The standard InChI is InChI=1S/C21H26N4O2S2/c1-12(2)25(13(3)4)17(26)11-28-21-19-20(29-14(5)22-19)18(23-24-21)15-7-9-16(27-6)10-8-15/h7-10,12-13H,11H2,1-6H3. The van der Waals surface area contributed by atoms with Gasteiger partial charge in [-0.1, -0.05) is 11.8 Å². The van der Waals surface area contributed by atoms with Gasteiger partial charge in [0.1, 0.15) is 22.0 Å². The van der Waals surface area contributed by atoms with Crippen LogP contribution in [0.15, 0.2) is 29.3 Å². The molecule has 3 aromatic rings. The van der Waals surface area contributed by atoms with E-state index >= 15 is 0 Å². The minimum atomic E-state index is 0.0983. The number of amides is 1. The van der Waals surface area contributed by atoms with Crippen LogP contribution in [-0.2, 0) is 4.79 Å². The number of hydrogen-bond acceptors (Lipinski definition) is 7. The van der Waals surface area contributed by atoms with Crippen LogP contribution in [0.1, 0.15) is 32.7 Å². The Morgan fingerprint density at radius 3 is 2.38 bits per heavy atom. The van der Waals surface area contributed by atoms with Crippen LogP contribution in [0.4, 0.5) is 0 Å². The number of rotatable bonds is 7. The number of carbonyl (C=O) groups excluding carboxylic acids is 1. The first kappa shape index (κ1) is 21.5. The number of carbonyl (C=O) groups is 1. The van der Waals surface area contributed by atoms with Gasteiger partial charge in [-0.05, 0) is 58.9 Å². The third-order valence-corrected chi connectivity index (χ3v) is 6.41. The summed E-state index contributed by atoms with van der Waals surface area (Å²) in [5.74, 6) is 1.21. The van der Waals surface area contributed by atoms with Crippen LogP contribution in [-0.4, -0.2) is 50.9 Å². The lowest BCUT2D eigenvalue weighted by atomic mass is 10.1. The third-order valence-electron chi connectivity index (χ3n) is 4.49. The summed E-state index contributed by atoms with van der Waals surface area (Å²) in [7, 11) is 1.65. The van der Waals surface area contributed by atoms with Crippen LogP contribution >= 0.6 is 23.1 Å². The van der Waals surface area contributed by atoms with Crippen molar-refractivity contribution >= 4 is 39.2 Å². The van der Waals surface area contributed by atoms with E-state index in [0.29, 0.717) is 10.8 Å². The minimum absolute atomic E-state index is 0.0983. The number of aryl methyl sites for hydroxylation is 1. The Balaban J connectivity index is 1.90. The summed E-state index contributed by atoms with van der Waals surface area (Å²) in [6.07, 6.45) is 0. The zero-order valence-electron chi connectivity index (χ0n) is 17.6. The van der Waals surface area contributed by atoms with E-state index < -0.39 is 0 Å². The maximum absolute atomic E-state index is 12.7. The molecular formula is C21H26N4O2S2. The molecule has 0 saturated carbocycles. The van der Waals surface area contributed by atoms with Gasteiger partial charge < -0.3 is 9.64 Å². The summed E-state index contributed by atoms with van der Waals surface area (Å²) in [5.41, 5.74) is 2.58. The number of nitrogens with zero attached hydrogens (tertiary/aromatic N) is 4. The molecule has 6 nitrogen and oxygen atoms in total. The Labute approximate surface area is 179 Å². The van der Waals surface area contributed by atoms with Crippen LogP contribution in [0.5, 0.6) is 5.75 Å². The molecule has 1 amide bonds. The van der Waals surface area contributed by atoms with E-state index in [1.165, 1.54) is 11.8 Å². The molecule has 0 aliphatic rings. The second kappa shape index (κ2) is 9.09. The Kier molecular flexibility index (Phi) is 6.74. The summed E-state index contributed by atoms with van der Waals surface area (Å²) in [5, 5.41) is 10.5. The van der Waals surface area contributed by atoms with Crippen LogP contribution in [0, 0.1) is 6.92 Å². The third kappa shape index (κ3) is 4.70. The molecule has 0 N–H and O–H groups in total. The molecule has 1 aromatic carbocycles. The number of fused-ring (bicyclic) bond motifs is 1. The van der Waals surface area contributed by atoms with Gasteiger partial charge in [-0.15, -0.1) is 21.5 Å². The molecule has 2 aromatic heterocycles. The molecule has 0 aliphatic carbocycles. The van der Waals surface area contributed by atoms with Gasteiger partial charge in [-0.2, -0.15) is 0 Å². The number of hydrogen-bond donors (Lipinski definition) is 0. The number of benzene rings is 1. The van der Waals surface area contributed by atoms with Crippen molar-refractivity contribution in [3.05, 3.63) is 29.3 Å². The summed E-state index contributed by atoms with van der Waals surface area (Å²) < 4.78 is 6.23. The SMILES string of the molecule is COc1ccc(-c2nnc(SCC(=O)N(C(C)C)C(C)C)c3nc(C)sc23)cc1. The van der Waals surface area contributed by atoms with Crippen molar-refractivity contribution < 1.29 is 9.53 Å². The largest absolute Gasteiger partial charge is 0.497 e. The molecule has 29 heavy (non-hydrogen) atoms. The summed E-state index contributed by atoms with van der Waals surface area (Å²) >= 11 is 3.00. The van der Waals surface area contributed by atoms with Crippen LogP contribution in [0.2, 0.25) is 0 Å². The maximum atomic E-state index is 12.7. The van der Waals surface area contributed by atoms with Crippen LogP contribution < -0.4 is 4.74 Å². The van der Waals surface area contributed by atoms with E-state index in [0.717, 1.165) is 32.2 Å². The number of thioether (sulfide) groups is 1. The fourth-order valence-corrected chi connectivity index (χ4v) is 5.12. The van der Waals surface area contributed by atoms with Gasteiger partial charge in [-0.25, -0.2) is 4.98 Å². The summed E-state index contributed by atoms with van der Waals surface area (Å²) in [6, 6.07) is 8.07. The molecule has 0 radical (unpaired) electrons. The van der Waals surface area contributed by atoms with Gasteiger partial charge in [0.05, 0.1) is 22.6 Å². The monoisotopic (exact) mass is 430 g/mol. The summed E-state index contributed by atoms with van der Waals surface area (Å²) in [6.45, 7) is 10.1. The molecule has 0 unspecified atom stereocenters. The molecule has 2 heterocycles. The van der Waals surface area contributed by atoms with Crippen molar-refractivity contribution in [2.45, 2.75) is 51.7 Å². The second-order valence-electron chi connectivity index (χ2n) is 7.27. The number of thiazole rings is 1. The van der Waals surface area contributed by atoms with E-state index in [2.05, 4.69) is 15.2 Å². The molecule has 0 spiro atoms. The first-order valence-corrected chi connectivity index (χ1v) is 11.3. The fourth-order valence-electron chi connectivity index (χ4n) is 3.33. The van der Waals surface area contributed by atoms with E-state index in [1.54, 1.807) is 18.4 Å². The molecular weight excluding hydrogens is 404 g/mol. The first-order valence-electron chi connectivity index (χ1n) is 9.54.